The highest BCUT2D eigenvalue weighted by molar-refractivity contribution is 14.1. The van der Waals surface area contributed by atoms with Crippen molar-refractivity contribution >= 4 is 22.6 Å². The fraction of sp³-hybridized carbons (Fsp3) is 0.0667. The van der Waals surface area contributed by atoms with Crippen molar-refractivity contribution < 1.29 is 0 Å². The van der Waals surface area contributed by atoms with Crippen LogP contribution in [0.15, 0.2) is 48.5 Å². The molecule has 0 radical (unpaired) electrons. The van der Waals surface area contributed by atoms with E-state index in [4.69, 9.17) is 5.73 Å². The van der Waals surface area contributed by atoms with Crippen LogP contribution in [0.1, 0.15) is 5.56 Å². The highest BCUT2D eigenvalue weighted by Crippen LogP contribution is 2.24. The molecule has 0 saturated carbocycles. The van der Waals surface area contributed by atoms with Gasteiger partial charge in [0.1, 0.15) is 0 Å². The van der Waals surface area contributed by atoms with Crippen LogP contribution in [-0.4, -0.2) is 15.2 Å². The highest BCUT2D eigenvalue weighted by Gasteiger charge is 2.09. The van der Waals surface area contributed by atoms with Gasteiger partial charge >= 0.3 is 0 Å². The van der Waals surface area contributed by atoms with E-state index >= 15 is 0 Å². The maximum absolute atomic E-state index is 5.60. The summed E-state index contributed by atoms with van der Waals surface area (Å²) in [7, 11) is 0. The molecule has 3 aromatic rings. The molecule has 20 heavy (non-hydrogen) atoms. The lowest BCUT2D eigenvalue weighted by Crippen LogP contribution is -1.95. The first kappa shape index (κ1) is 13.3. The van der Waals surface area contributed by atoms with E-state index < -0.39 is 0 Å². The third kappa shape index (κ3) is 2.59. The molecule has 4 nitrogen and oxygen atoms in total. The molecular formula is C15H13IN4. The SMILES string of the molecule is NCc1ccc(-c2n[nH]c(-c3ccccc3I)n2)cc1. The lowest BCUT2D eigenvalue weighted by Gasteiger charge is -1.99. The zero-order valence-electron chi connectivity index (χ0n) is 10.7. The van der Waals surface area contributed by atoms with Gasteiger partial charge in [-0.15, -0.1) is 0 Å². The molecule has 2 aromatic carbocycles. The Labute approximate surface area is 130 Å². The fourth-order valence-electron chi connectivity index (χ4n) is 1.95. The molecule has 0 aliphatic carbocycles. The number of aromatic amines is 1. The minimum atomic E-state index is 0.543. The first-order valence-corrected chi connectivity index (χ1v) is 7.32. The van der Waals surface area contributed by atoms with Gasteiger partial charge in [0.05, 0.1) is 0 Å². The lowest BCUT2D eigenvalue weighted by molar-refractivity contribution is 1.07. The number of halogens is 1. The third-order valence-electron chi connectivity index (χ3n) is 3.06. The molecule has 0 bridgehead atoms. The number of H-pyrrole nitrogens is 1. The lowest BCUT2D eigenvalue weighted by atomic mass is 10.1. The van der Waals surface area contributed by atoms with Gasteiger partial charge in [-0.25, -0.2) is 4.98 Å². The maximum atomic E-state index is 5.60. The van der Waals surface area contributed by atoms with E-state index in [-0.39, 0.29) is 0 Å². The van der Waals surface area contributed by atoms with Crippen LogP contribution in [0.25, 0.3) is 22.8 Å². The summed E-state index contributed by atoms with van der Waals surface area (Å²) < 4.78 is 1.14. The average Bonchev–Trinajstić information content (AvgIpc) is 2.97. The zero-order valence-corrected chi connectivity index (χ0v) is 12.8. The summed E-state index contributed by atoms with van der Waals surface area (Å²) in [4.78, 5) is 4.56. The summed E-state index contributed by atoms with van der Waals surface area (Å²) in [5.41, 5.74) is 8.74. The van der Waals surface area contributed by atoms with Crippen molar-refractivity contribution in [1.29, 1.82) is 0 Å². The fourth-order valence-corrected chi connectivity index (χ4v) is 2.60. The van der Waals surface area contributed by atoms with Gasteiger partial charge in [0.15, 0.2) is 11.6 Å². The van der Waals surface area contributed by atoms with Crippen molar-refractivity contribution in [2.45, 2.75) is 6.54 Å². The molecule has 0 amide bonds. The molecule has 0 unspecified atom stereocenters. The van der Waals surface area contributed by atoms with Crippen molar-refractivity contribution in [3.05, 3.63) is 57.7 Å². The predicted molar refractivity (Wildman–Crippen MR) is 87.9 cm³/mol. The Morgan fingerprint density at radius 3 is 2.50 bits per heavy atom. The summed E-state index contributed by atoms with van der Waals surface area (Å²) in [6.07, 6.45) is 0. The Kier molecular flexibility index (Phi) is 3.79. The summed E-state index contributed by atoms with van der Waals surface area (Å²) in [5.74, 6) is 1.48. The van der Waals surface area contributed by atoms with Gasteiger partial charge in [0.25, 0.3) is 0 Å². The van der Waals surface area contributed by atoms with E-state index in [1.165, 1.54) is 0 Å². The van der Waals surface area contributed by atoms with E-state index in [0.717, 1.165) is 26.1 Å². The first-order valence-electron chi connectivity index (χ1n) is 6.24. The predicted octanol–water partition coefficient (Wildman–Crippen LogP) is 3.20. The van der Waals surface area contributed by atoms with Crippen LogP contribution in [0.2, 0.25) is 0 Å². The van der Waals surface area contributed by atoms with Gasteiger partial charge in [-0.1, -0.05) is 42.5 Å². The van der Waals surface area contributed by atoms with Gasteiger partial charge in [0.2, 0.25) is 0 Å². The molecule has 0 fully saturated rings. The van der Waals surface area contributed by atoms with E-state index in [2.05, 4.69) is 37.8 Å². The molecule has 1 aromatic heterocycles. The minimum absolute atomic E-state index is 0.543. The zero-order chi connectivity index (χ0) is 13.9. The number of nitrogens with two attached hydrogens (primary N) is 1. The Balaban J connectivity index is 1.95. The number of hydrogen-bond donors (Lipinski definition) is 2. The molecule has 5 heteroatoms. The van der Waals surface area contributed by atoms with Gasteiger partial charge in [-0.05, 0) is 34.2 Å². The van der Waals surface area contributed by atoms with Gasteiger partial charge < -0.3 is 5.73 Å². The number of hydrogen-bond acceptors (Lipinski definition) is 3. The van der Waals surface area contributed by atoms with Gasteiger partial charge in [-0.3, -0.25) is 5.10 Å². The molecule has 100 valence electrons. The largest absolute Gasteiger partial charge is 0.326 e. The topological polar surface area (TPSA) is 67.6 Å². The third-order valence-corrected chi connectivity index (χ3v) is 4.00. The Bertz CT molecular complexity index is 719. The second kappa shape index (κ2) is 5.72. The van der Waals surface area contributed by atoms with Crippen LogP contribution >= 0.6 is 22.6 Å². The summed E-state index contributed by atoms with van der Waals surface area (Å²) >= 11 is 2.30. The van der Waals surface area contributed by atoms with Crippen LogP contribution in [-0.2, 0) is 6.54 Å². The normalized spacial score (nSPS) is 10.7. The number of benzene rings is 2. The quantitative estimate of drug-likeness (QED) is 0.690. The van der Waals surface area contributed by atoms with Crippen LogP contribution < -0.4 is 5.73 Å². The molecule has 0 aliphatic heterocycles. The Morgan fingerprint density at radius 1 is 1.05 bits per heavy atom. The summed E-state index contributed by atoms with van der Waals surface area (Å²) in [6.45, 7) is 0.543. The summed E-state index contributed by atoms with van der Waals surface area (Å²) in [5, 5.41) is 7.29. The van der Waals surface area contributed by atoms with Crippen LogP contribution in [0.5, 0.6) is 0 Å². The molecule has 1 heterocycles. The average molecular weight is 376 g/mol. The Hall–Kier alpha value is -1.73. The Morgan fingerprint density at radius 2 is 1.80 bits per heavy atom. The molecule has 3 rings (SSSR count). The van der Waals surface area contributed by atoms with Crippen molar-refractivity contribution in [1.82, 2.24) is 15.2 Å². The molecule has 0 aliphatic rings. The van der Waals surface area contributed by atoms with E-state index in [1.54, 1.807) is 0 Å². The second-order valence-corrected chi connectivity index (χ2v) is 5.55. The van der Waals surface area contributed by atoms with Crippen LogP contribution in [0, 0.1) is 3.57 Å². The van der Waals surface area contributed by atoms with Crippen LogP contribution in [0.3, 0.4) is 0 Å². The molecule has 3 N–H and O–H groups in total. The number of aromatic nitrogens is 3. The second-order valence-electron chi connectivity index (χ2n) is 4.39. The van der Waals surface area contributed by atoms with Crippen molar-refractivity contribution in [2.75, 3.05) is 0 Å². The minimum Gasteiger partial charge on any atom is -0.326 e. The first-order chi connectivity index (χ1) is 9.78. The monoisotopic (exact) mass is 376 g/mol. The van der Waals surface area contributed by atoms with Crippen molar-refractivity contribution in [2.24, 2.45) is 5.73 Å². The molecular weight excluding hydrogens is 363 g/mol. The highest BCUT2D eigenvalue weighted by atomic mass is 127. The van der Waals surface area contributed by atoms with Crippen LogP contribution in [0.4, 0.5) is 0 Å². The molecule has 0 spiro atoms. The van der Waals surface area contributed by atoms with E-state index in [1.807, 2.05) is 48.5 Å². The molecule has 0 saturated heterocycles. The number of rotatable bonds is 3. The summed E-state index contributed by atoms with van der Waals surface area (Å²) in [6, 6.07) is 16.1. The van der Waals surface area contributed by atoms with Gasteiger partial charge in [-0.2, -0.15) is 5.10 Å². The standard InChI is InChI=1S/C15H13IN4/c16-13-4-2-1-3-12(13)15-18-14(19-20-15)11-7-5-10(9-17)6-8-11/h1-8H,9,17H2,(H,18,19,20). The van der Waals surface area contributed by atoms with E-state index in [9.17, 15) is 0 Å². The number of nitrogens with zero attached hydrogens (tertiary/aromatic N) is 2. The number of nitrogens with one attached hydrogen (secondary N) is 1. The van der Waals surface area contributed by atoms with Crippen molar-refractivity contribution in [3.8, 4) is 22.8 Å². The van der Waals surface area contributed by atoms with Crippen molar-refractivity contribution in [3.63, 3.8) is 0 Å². The smallest absolute Gasteiger partial charge is 0.181 e. The maximum Gasteiger partial charge on any atom is 0.181 e. The molecule has 0 atom stereocenters. The van der Waals surface area contributed by atoms with E-state index in [0.29, 0.717) is 12.4 Å². The van der Waals surface area contributed by atoms with Gasteiger partial charge in [0, 0.05) is 21.2 Å².